The van der Waals surface area contributed by atoms with Gasteiger partial charge in [-0.3, -0.25) is 0 Å². The number of hydrogen-bond acceptors (Lipinski definition) is 3. The van der Waals surface area contributed by atoms with E-state index in [1.807, 2.05) is 0 Å². The lowest BCUT2D eigenvalue weighted by molar-refractivity contribution is -0.0860. The second kappa shape index (κ2) is 13.1. The van der Waals surface area contributed by atoms with Crippen LogP contribution in [0.15, 0.2) is 0 Å². The van der Waals surface area contributed by atoms with Crippen molar-refractivity contribution in [3.63, 3.8) is 0 Å². The number of hydrogen-bond donors (Lipinski definition) is 0. The second-order valence-corrected chi connectivity index (χ2v) is 11.1. The molecule has 3 nitrogen and oxygen atoms in total. The molecule has 31 heavy (non-hydrogen) atoms. The lowest BCUT2D eigenvalue weighted by Gasteiger charge is -2.42. The summed E-state index contributed by atoms with van der Waals surface area (Å²) in [4.78, 5) is 12.8. The van der Waals surface area contributed by atoms with E-state index in [0.717, 1.165) is 62.7 Å². The molecule has 0 N–H and O–H groups in total. The van der Waals surface area contributed by atoms with E-state index in [4.69, 9.17) is 9.47 Å². The summed E-state index contributed by atoms with van der Waals surface area (Å²) >= 11 is 0. The molecule has 3 aliphatic carbocycles. The maximum Gasteiger partial charge on any atom is 0.509 e. The highest BCUT2D eigenvalue weighted by Crippen LogP contribution is 2.44. The molecule has 180 valence electrons. The molecular formula is C28H50O3. The molecule has 3 fully saturated rings. The van der Waals surface area contributed by atoms with Crippen LogP contribution in [-0.2, 0) is 9.47 Å². The first-order valence-electron chi connectivity index (χ1n) is 14.0. The Hall–Kier alpha value is -0.730. The van der Waals surface area contributed by atoms with Gasteiger partial charge in [0, 0.05) is 0 Å². The maximum absolute atomic E-state index is 12.8. The molecule has 0 aromatic carbocycles. The first-order chi connectivity index (χ1) is 15.1. The molecule has 0 bridgehead atoms. The minimum atomic E-state index is -0.373. The molecule has 3 heteroatoms. The third-order valence-electron chi connectivity index (χ3n) is 8.82. The number of unbranched alkanes of at least 4 members (excludes halogenated alkanes) is 3. The molecule has 0 saturated heterocycles. The van der Waals surface area contributed by atoms with Crippen molar-refractivity contribution in [1.82, 2.24) is 0 Å². The van der Waals surface area contributed by atoms with Gasteiger partial charge in [0.2, 0.25) is 0 Å². The molecule has 0 amide bonds. The highest BCUT2D eigenvalue weighted by atomic mass is 16.7. The van der Waals surface area contributed by atoms with E-state index < -0.39 is 0 Å². The smallest absolute Gasteiger partial charge is 0.431 e. The Morgan fingerprint density at radius 2 is 1.42 bits per heavy atom. The predicted molar refractivity (Wildman–Crippen MR) is 128 cm³/mol. The Morgan fingerprint density at radius 1 is 0.774 bits per heavy atom. The molecule has 3 saturated carbocycles. The normalized spacial score (nSPS) is 32.5. The van der Waals surface area contributed by atoms with Crippen LogP contribution in [0, 0.1) is 17.8 Å². The van der Waals surface area contributed by atoms with Gasteiger partial charge >= 0.3 is 6.16 Å². The zero-order valence-corrected chi connectivity index (χ0v) is 20.7. The van der Waals surface area contributed by atoms with Crippen molar-refractivity contribution >= 4 is 6.16 Å². The van der Waals surface area contributed by atoms with Crippen LogP contribution in [0.4, 0.5) is 4.79 Å². The van der Waals surface area contributed by atoms with E-state index in [0.29, 0.717) is 0 Å². The quantitative estimate of drug-likeness (QED) is 0.254. The van der Waals surface area contributed by atoms with Gasteiger partial charge in [-0.2, -0.15) is 0 Å². The zero-order valence-electron chi connectivity index (χ0n) is 20.7. The summed E-state index contributed by atoms with van der Waals surface area (Å²) < 4.78 is 12.0. The van der Waals surface area contributed by atoms with E-state index in [9.17, 15) is 4.79 Å². The summed E-state index contributed by atoms with van der Waals surface area (Å²) in [6.45, 7) is 4.50. The van der Waals surface area contributed by atoms with Gasteiger partial charge in [-0.05, 0) is 82.0 Å². The molecule has 0 radical (unpaired) electrons. The van der Waals surface area contributed by atoms with Gasteiger partial charge in [0.25, 0.3) is 0 Å². The Balaban J connectivity index is 1.43. The largest absolute Gasteiger partial charge is 0.509 e. The summed E-state index contributed by atoms with van der Waals surface area (Å²) in [7, 11) is 0. The molecular weight excluding hydrogens is 384 g/mol. The van der Waals surface area contributed by atoms with Gasteiger partial charge in [-0.15, -0.1) is 0 Å². The first-order valence-corrected chi connectivity index (χ1v) is 14.0. The van der Waals surface area contributed by atoms with E-state index >= 15 is 0 Å². The van der Waals surface area contributed by atoms with Gasteiger partial charge in [-0.25, -0.2) is 4.79 Å². The van der Waals surface area contributed by atoms with Crippen molar-refractivity contribution in [2.45, 2.75) is 154 Å². The van der Waals surface area contributed by atoms with E-state index in [1.54, 1.807) is 0 Å². The van der Waals surface area contributed by atoms with Crippen LogP contribution < -0.4 is 0 Å². The lowest BCUT2D eigenvalue weighted by Crippen LogP contribution is -2.41. The molecule has 3 aliphatic rings. The summed E-state index contributed by atoms with van der Waals surface area (Å²) in [6.07, 6.45) is 24.6. The van der Waals surface area contributed by atoms with Crippen molar-refractivity contribution in [2.24, 2.45) is 17.8 Å². The standard InChI is InChI=1S/C28H50O3/c1-3-5-8-11-23-14-16-26(17-15-23)30-27(29)31-28(20-6-4-2)21-18-25(19-22-28)24-12-9-7-10-13-24/h23-26H,3-22H2,1-2H3. The van der Waals surface area contributed by atoms with Gasteiger partial charge in [0.05, 0.1) is 0 Å². The third-order valence-corrected chi connectivity index (χ3v) is 8.82. The van der Waals surface area contributed by atoms with E-state index in [2.05, 4.69) is 13.8 Å². The summed E-state index contributed by atoms with van der Waals surface area (Å²) in [5.41, 5.74) is -0.254. The molecule has 0 spiro atoms. The summed E-state index contributed by atoms with van der Waals surface area (Å²) in [5, 5.41) is 0. The summed E-state index contributed by atoms with van der Waals surface area (Å²) in [6, 6.07) is 0. The minimum absolute atomic E-state index is 0.0803. The monoisotopic (exact) mass is 434 g/mol. The highest BCUT2D eigenvalue weighted by molar-refractivity contribution is 5.61. The third kappa shape index (κ3) is 7.97. The minimum Gasteiger partial charge on any atom is -0.431 e. The number of carbonyl (C=O) groups is 1. The molecule has 0 aromatic heterocycles. The second-order valence-electron chi connectivity index (χ2n) is 11.1. The van der Waals surface area contributed by atoms with Gasteiger partial charge in [-0.1, -0.05) is 78.1 Å². The van der Waals surface area contributed by atoms with Crippen LogP contribution >= 0.6 is 0 Å². The molecule has 3 rings (SSSR count). The Kier molecular flexibility index (Phi) is 10.5. The molecule has 0 unspecified atom stereocenters. The number of carbonyl (C=O) groups excluding carboxylic acids is 1. The average Bonchev–Trinajstić information content (AvgIpc) is 2.80. The molecule has 0 aliphatic heterocycles. The molecule has 0 aromatic rings. The Labute approximate surface area is 192 Å². The fourth-order valence-corrected chi connectivity index (χ4v) is 6.70. The van der Waals surface area contributed by atoms with Gasteiger partial charge in [0.15, 0.2) is 0 Å². The Bertz CT molecular complexity index is 494. The van der Waals surface area contributed by atoms with Crippen molar-refractivity contribution in [2.75, 3.05) is 0 Å². The molecule has 0 heterocycles. The van der Waals surface area contributed by atoms with Crippen molar-refractivity contribution in [3.8, 4) is 0 Å². The topological polar surface area (TPSA) is 35.5 Å². The fraction of sp³-hybridized carbons (Fsp3) is 0.964. The van der Waals surface area contributed by atoms with Crippen molar-refractivity contribution in [3.05, 3.63) is 0 Å². The van der Waals surface area contributed by atoms with Crippen LogP contribution in [0.3, 0.4) is 0 Å². The van der Waals surface area contributed by atoms with Crippen molar-refractivity contribution in [1.29, 1.82) is 0 Å². The van der Waals surface area contributed by atoms with E-state index in [-0.39, 0.29) is 17.9 Å². The van der Waals surface area contributed by atoms with Crippen LogP contribution in [0.5, 0.6) is 0 Å². The van der Waals surface area contributed by atoms with Gasteiger partial charge in [0.1, 0.15) is 11.7 Å². The Morgan fingerprint density at radius 3 is 2.06 bits per heavy atom. The predicted octanol–water partition coefficient (Wildman–Crippen LogP) is 8.98. The van der Waals surface area contributed by atoms with Crippen LogP contribution in [0.25, 0.3) is 0 Å². The van der Waals surface area contributed by atoms with Crippen LogP contribution in [0.2, 0.25) is 0 Å². The van der Waals surface area contributed by atoms with E-state index in [1.165, 1.54) is 83.5 Å². The summed E-state index contributed by atoms with van der Waals surface area (Å²) in [5.74, 6) is 2.63. The maximum atomic E-state index is 12.8. The fourth-order valence-electron chi connectivity index (χ4n) is 6.70. The number of rotatable bonds is 10. The SMILES string of the molecule is CCCCCC1CCC(OC(=O)OC2(CCCC)CCC(C3CCCCC3)CC2)CC1. The van der Waals surface area contributed by atoms with Crippen LogP contribution in [0.1, 0.15) is 142 Å². The van der Waals surface area contributed by atoms with Crippen LogP contribution in [-0.4, -0.2) is 17.9 Å². The van der Waals surface area contributed by atoms with Crippen molar-refractivity contribution < 1.29 is 14.3 Å². The number of ether oxygens (including phenoxy) is 2. The molecule has 0 atom stereocenters. The average molecular weight is 435 g/mol. The lowest BCUT2D eigenvalue weighted by atomic mass is 9.68. The van der Waals surface area contributed by atoms with Gasteiger partial charge < -0.3 is 9.47 Å². The zero-order chi connectivity index (χ0) is 21.9. The highest BCUT2D eigenvalue weighted by Gasteiger charge is 2.41. The first kappa shape index (κ1) is 24.9.